The van der Waals surface area contributed by atoms with Gasteiger partial charge >= 0.3 is 0 Å². The minimum Gasteiger partial charge on any atom is -0.454 e. The average Bonchev–Trinajstić information content (AvgIpc) is 3.15. The molecule has 5 nitrogen and oxygen atoms in total. The molecule has 1 fully saturated rings. The van der Waals surface area contributed by atoms with Crippen molar-refractivity contribution >= 4 is 10.0 Å². The second-order valence-electron chi connectivity index (χ2n) is 7.00. The van der Waals surface area contributed by atoms with Gasteiger partial charge in [0, 0.05) is 13.1 Å². The molecule has 0 saturated carbocycles. The third kappa shape index (κ3) is 3.80. The molecule has 0 N–H and O–H groups in total. The number of sulfonamides is 1. The van der Waals surface area contributed by atoms with E-state index < -0.39 is 15.8 Å². The molecular formula is C20H22FNO4S. The van der Waals surface area contributed by atoms with Gasteiger partial charge < -0.3 is 9.47 Å². The topological polar surface area (TPSA) is 55.8 Å². The Morgan fingerprint density at radius 2 is 1.78 bits per heavy atom. The summed E-state index contributed by atoms with van der Waals surface area (Å²) in [5, 5.41) is 0. The van der Waals surface area contributed by atoms with Crippen molar-refractivity contribution in [2.75, 3.05) is 19.9 Å². The standard InChI is InChI=1S/C20H22FNO4S/c21-17-3-1-2-4-20(17)27(23,24)22-11-9-15(10-12-22)5-6-16-7-8-18-19(13-16)26-14-25-18/h1-4,7-8,13,15H,5-6,9-12,14H2. The van der Waals surface area contributed by atoms with Gasteiger partial charge in [0.2, 0.25) is 16.8 Å². The largest absolute Gasteiger partial charge is 0.454 e. The number of nitrogens with zero attached hydrogens (tertiary/aromatic N) is 1. The van der Waals surface area contributed by atoms with E-state index in [1.165, 1.54) is 28.1 Å². The average molecular weight is 391 g/mol. The fraction of sp³-hybridized carbons (Fsp3) is 0.400. The zero-order valence-electron chi connectivity index (χ0n) is 14.9. The number of ether oxygens (including phenoxy) is 2. The summed E-state index contributed by atoms with van der Waals surface area (Å²) >= 11 is 0. The second-order valence-corrected chi connectivity index (χ2v) is 8.91. The van der Waals surface area contributed by atoms with Crippen LogP contribution in [0.2, 0.25) is 0 Å². The van der Waals surface area contributed by atoms with E-state index in [9.17, 15) is 12.8 Å². The Morgan fingerprint density at radius 3 is 2.56 bits per heavy atom. The van der Waals surface area contributed by atoms with Crippen LogP contribution in [0.3, 0.4) is 0 Å². The number of hydrogen-bond acceptors (Lipinski definition) is 4. The first-order chi connectivity index (χ1) is 13.0. The number of halogens is 1. The van der Waals surface area contributed by atoms with E-state index in [-0.39, 0.29) is 11.7 Å². The van der Waals surface area contributed by atoms with Gasteiger partial charge in [-0.25, -0.2) is 12.8 Å². The molecule has 0 aromatic heterocycles. The minimum atomic E-state index is -3.76. The fourth-order valence-electron chi connectivity index (χ4n) is 3.70. The van der Waals surface area contributed by atoms with Crippen LogP contribution in [0.4, 0.5) is 4.39 Å². The van der Waals surface area contributed by atoms with Crippen LogP contribution < -0.4 is 9.47 Å². The van der Waals surface area contributed by atoms with Crippen LogP contribution >= 0.6 is 0 Å². The van der Waals surface area contributed by atoms with Gasteiger partial charge in [-0.2, -0.15) is 4.31 Å². The predicted molar refractivity (Wildman–Crippen MR) is 98.8 cm³/mol. The Bertz CT molecular complexity index is 923. The van der Waals surface area contributed by atoms with Gasteiger partial charge in [0.05, 0.1) is 0 Å². The van der Waals surface area contributed by atoms with Crippen LogP contribution in [-0.4, -0.2) is 32.6 Å². The summed E-state index contributed by atoms with van der Waals surface area (Å²) in [7, 11) is -3.76. The third-order valence-corrected chi connectivity index (χ3v) is 7.24. The molecule has 0 unspecified atom stereocenters. The Labute approximate surface area is 158 Å². The molecule has 0 aliphatic carbocycles. The molecule has 2 aliphatic heterocycles. The Morgan fingerprint density at radius 1 is 1.04 bits per heavy atom. The molecule has 1 saturated heterocycles. The maximum Gasteiger partial charge on any atom is 0.245 e. The first kappa shape index (κ1) is 18.3. The summed E-state index contributed by atoms with van der Waals surface area (Å²) in [6.07, 6.45) is 3.49. The van der Waals surface area contributed by atoms with Gasteiger partial charge in [0.15, 0.2) is 11.5 Å². The zero-order valence-corrected chi connectivity index (χ0v) is 15.8. The number of fused-ring (bicyclic) bond motifs is 1. The second kappa shape index (κ2) is 7.48. The summed E-state index contributed by atoms with van der Waals surface area (Å²) in [4.78, 5) is -0.233. The fourth-order valence-corrected chi connectivity index (χ4v) is 5.23. The highest BCUT2D eigenvalue weighted by atomic mass is 32.2. The zero-order chi connectivity index (χ0) is 18.9. The molecule has 0 bridgehead atoms. The molecule has 2 aromatic carbocycles. The quantitative estimate of drug-likeness (QED) is 0.782. The SMILES string of the molecule is O=S(=O)(c1ccccc1F)N1CCC(CCc2ccc3c(c2)OCO3)CC1. The molecule has 0 amide bonds. The maximum absolute atomic E-state index is 13.9. The van der Waals surface area contributed by atoms with E-state index in [1.807, 2.05) is 18.2 Å². The lowest BCUT2D eigenvalue weighted by atomic mass is 9.91. The van der Waals surface area contributed by atoms with Gasteiger partial charge in [-0.15, -0.1) is 0 Å². The summed E-state index contributed by atoms with van der Waals surface area (Å²) < 4.78 is 51.4. The van der Waals surface area contributed by atoms with Gasteiger partial charge in [0.1, 0.15) is 10.7 Å². The van der Waals surface area contributed by atoms with Crippen LogP contribution in [0.25, 0.3) is 0 Å². The van der Waals surface area contributed by atoms with Crippen LogP contribution in [0, 0.1) is 11.7 Å². The lowest BCUT2D eigenvalue weighted by Crippen LogP contribution is -2.38. The molecule has 144 valence electrons. The first-order valence-electron chi connectivity index (χ1n) is 9.17. The highest BCUT2D eigenvalue weighted by molar-refractivity contribution is 7.89. The molecule has 2 aromatic rings. The lowest BCUT2D eigenvalue weighted by Gasteiger charge is -2.31. The van der Waals surface area contributed by atoms with Crippen LogP contribution in [0.5, 0.6) is 11.5 Å². The van der Waals surface area contributed by atoms with Crippen molar-refractivity contribution < 1.29 is 22.3 Å². The molecule has 7 heteroatoms. The number of benzene rings is 2. The normalized spacial score (nSPS) is 18.0. The summed E-state index contributed by atoms with van der Waals surface area (Å²) in [5.41, 5.74) is 1.20. The van der Waals surface area contributed by atoms with Crippen molar-refractivity contribution in [1.82, 2.24) is 4.31 Å². The highest BCUT2D eigenvalue weighted by Crippen LogP contribution is 2.34. The number of rotatable bonds is 5. The van der Waals surface area contributed by atoms with Crippen LogP contribution in [0.15, 0.2) is 47.4 Å². The molecule has 2 heterocycles. The van der Waals surface area contributed by atoms with E-state index in [1.54, 1.807) is 6.07 Å². The van der Waals surface area contributed by atoms with E-state index in [0.717, 1.165) is 37.2 Å². The Kier molecular flexibility index (Phi) is 5.06. The van der Waals surface area contributed by atoms with Gasteiger partial charge in [0.25, 0.3) is 0 Å². The van der Waals surface area contributed by atoms with Gasteiger partial charge in [-0.1, -0.05) is 18.2 Å². The van der Waals surface area contributed by atoms with Gasteiger partial charge in [-0.3, -0.25) is 0 Å². The minimum absolute atomic E-state index is 0.233. The van der Waals surface area contributed by atoms with Crippen molar-refractivity contribution in [2.24, 2.45) is 5.92 Å². The third-order valence-electron chi connectivity index (χ3n) is 5.31. The highest BCUT2D eigenvalue weighted by Gasteiger charge is 2.31. The smallest absolute Gasteiger partial charge is 0.245 e. The number of aryl methyl sites for hydroxylation is 1. The first-order valence-corrected chi connectivity index (χ1v) is 10.6. The molecule has 4 rings (SSSR count). The van der Waals surface area contributed by atoms with E-state index >= 15 is 0 Å². The summed E-state index contributed by atoms with van der Waals surface area (Å²) in [6.45, 7) is 1.14. The van der Waals surface area contributed by atoms with Crippen molar-refractivity contribution in [3.63, 3.8) is 0 Å². The molecule has 0 radical (unpaired) electrons. The van der Waals surface area contributed by atoms with E-state index in [2.05, 4.69) is 0 Å². The Balaban J connectivity index is 1.33. The molecule has 27 heavy (non-hydrogen) atoms. The Hall–Kier alpha value is -2.12. The van der Waals surface area contributed by atoms with Crippen molar-refractivity contribution in [3.8, 4) is 11.5 Å². The van der Waals surface area contributed by atoms with E-state index in [0.29, 0.717) is 19.0 Å². The summed E-state index contributed by atoms with van der Waals surface area (Å²) in [5.74, 6) is 1.34. The number of piperidine rings is 1. The van der Waals surface area contributed by atoms with Crippen molar-refractivity contribution in [1.29, 1.82) is 0 Å². The number of hydrogen-bond donors (Lipinski definition) is 0. The van der Waals surface area contributed by atoms with Crippen LogP contribution in [-0.2, 0) is 16.4 Å². The molecule has 0 atom stereocenters. The van der Waals surface area contributed by atoms with Crippen LogP contribution in [0.1, 0.15) is 24.8 Å². The molecule has 2 aliphatic rings. The molecular weight excluding hydrogens is 369 g/mol. The van der Waals surface area contributed by atoms with Crippen molar-refractivity contribution in [2.45, 2.75) is 30.6 Å². The maximum atomic E-state index is 13.9. The van der Waals surface area contributed by atoms with Gasteiger partial charge in [-0.05, 0) is 61.4 Å². The predicted octanol–water partition coefficient (Wildman–Crippen LogP) is 3.59. The monoisotopic (exact) mass is 391 g/mol. The van der Waals surface area contributed by atoms with E-state index in [4.69, 9.17) is 9.47 Å². The van der Waals surface area contributed by atoms with Crippen molar-refractivity contribution in [3.05, 3.63) is 53.8 Å². The summed E-state index contributed by atoms with van der Waals surface area (Å²) in [6, 6.07) is 11.6. The lowest BCUT2D eigenvalue weighted by molar-refractivity contribution is 0.174. The molecule has 0 spiro atoms.